The maximum atomic E-state index is 9.15. The summed E-state index contributed by atoms with van der Waals surface area (Å²) in [5.41, 5.74) is 1.99. The smallest absolute Gasteiger partial charge is 0.142 e. The van der Waals surface area contributed by atoms with E-state index in [4.69, 9.17) is 14.7 Å². The number of hydrogen-bond donors (Lipinski definition) is 1. The Bertz CT molecular complexity index is 962. The molecule has 4 heterocycles. The van der Waals surface area contributed by atoms with Crippen LogP contribution in [-0.4, -0.2) is 59.3 Å². The summed E-state index contributed by atoms with van der Waals surface area (Å²) in [5.74, 6) is 0.801. The highest BCUT2D eigenvalue weighted by atomic mass is 16.5. The van der Waals surface area contributed by atoms with Crippen LogP contribution in [0.25, 0.3) is 21.9 Å². The molecule has 134 valence electrons. The van der Waals surface area contributed by atoms with Crippen molar-refractivity contribution < 1.29 is 9.47 Å². The third-order valence-corrected chi connectivity index (χ3v) is 4.82. The highest BCUT2D eigenvalue weighted by molar-refractivity contribution is 6.09. The number of piperidine rings is 1. The Labute approximate surface area is 151 Å². The van der Waals surface area contributed by atoms with E-state index in [-0.39, 0.29) is 6.10 Å². The van der Waals surface area contributed by atoms with Gasteiger partial charge >= 0.3 is 0 Å². The van der Waals surface area contributed by atoms with Gasteiger partial charge in [0.25, 0.3) is 0 Å². The molecule has 0 spiro atoms. The van der Waals surface area contributed by atoms with E-state index in [0.717, 1.165) is 66.8 Å². The third kappa shape index (κ3) is 3.21. The van der Waals surface area contributed by atoms with Crippen LogP contribution in [0.1, 0.15) is 18.5 Å². The van der Waals surface area contributed by atoms with E-state index in [9.17, 15) is 0 Å². The quantitative estimate of drug-likeness (QED) is 0.760. The lowest BCUT2D eigenvalue weighted by atomic mass is 10.1. The van der Waals surface area contributed by atoms with E-state index in [1.807, 2.05) is 6.07 Å². The Hall–Kier alpha value is -2.69. The molecule has 7 heteroatoms. The summed E-state index contributed by atoms with van der Waals surface area (Å²) in [4.78, 5) is 14.2. The van der Waals surface area contributed by atoms with Crippen molar-refractivity contribution in [3.8, 4) is 11.8 Å². The van der Waals surface area contributed by atoms with Crippen molar-refractivity contribution in [2.45, 2.75) is 18.9 Å². The zero-order valence-corrected chi connectivity index (χ0v) is 14.7. The number of nitrogens with one attached hydrogen (secondary N) is 1. The number of aromatic amines is 1. The zero-order chi connectivity index (χ0) is 17.9. The van der Waals surface area contributed by atoms with E-state index in [1.165, 1.54) is 0 Å². The van der Waals surface area contributed by atoms with Crippen molar-refractivity contribution in [3.63, 3.8) is 0 Å². The molecule has 26 heavy (non-hydrogen) atoms. The summed E-state index contributed by atoms with van der Waals surface area (Å²) in [6.07, 6.45) is 5.69. The van der Waals surface area contributed by atoms with Gasteiger partial charge in [-0.15, -0.1) is 0 Å². The van der Waals surface area contributed by atoms with Gasteiger partial charge in [0.2, 0.25) is 0 Å². The molecule has 1 aliphatic rings. The van der Waals surface area contributed by atoms with Gasteiger partial charge in [0.15, 0.2) is 0 Å². The molecule has 0 aliphatic carbocycles. The molecule has 1 fully saturated rings. The van der Waals surface area contributed by atoms with Gasteiger partial charge in [0.1, 0.15) is 29.3 Å². The molecule has 1 saturated heterocycles. The lowest BCUT2D eigenvalue weighted by molar-refractivity contribution is 0.0691. The van der Waals surface area contributed by atoms with Crippen molar-refractivity contribution in [1.82, 2.24) is 19.9 Å². The first kappa shape index (κ1) is 16.8. The number of rotatable bonds is 5. The Morgan fingerprint density at radius 2 is 2.35 bits per heavy atom. The first-order chi connectivity index (χ1) is 12.8. The number of ether oxygens (including phenoxy) is 2. The molecule has 3 aromatic rings. The number of methoxy groups -OCH3 is 1. The molecule has 1 aliphatic heterocycles. The second kappa shape index (κ2) is 7.28. The van der Waals surface area contributed by atoms with Crippen LogP contribution >= 0.6 is 0 Å². The molecule has 4 rings (SSSR count). The summed E-state index contributed by atoms with van der Waals surface area (Å²) >= 11 is 0. The maximum absolute atomic E-state index is 9.15. The van der Waals surface area contributed by atoms with Gasteiger partial charge in [-0.2, -0.15) is 5.26 Å². The molecule has 0 bridgehead atoms. The number of H-pyrrole nitrogens is 1. The molecule has 0 amide bonds. The first-order valence-corrected chi connectivity index (χ1v) is 8.83. The Morgan fingerprint density at radius 3 is 3.19 bits per heavy atom. The minimum absolute atomic E-state index is 0.133. The standard InChI is InChI=1S/C19H21N5O2/c1-25-8-7-24-6-2-3-14(12-24)26-17-4-5-21-19-18(17)15-9-13(10-20)22-11-16(15)23-19/h4-5,9,11,14H,2-3,6-8,12H2,1H3,(H,21,23). The average Bonchev–Trinajstić information content (AvgIpc) is 3.05. The number of likely N-dealkylation sites (tertiary alicyclic amines) is 1. The highest BCUT2D eigenvalue weighted by Crippen LogP contribution is 2.33. The maximum Gasteiger partial charge on any atom is 0.142 e. The number of pyridine rings is 2. The molecule has 0 aromatic carbocycles. The fourth-order valence-corrected chi connectivity index (χ4v) is 3.56. The van der Waals surface area contributed by atoms with E-state index in [1.54, 1.807) is 25.6 Å². The number of hydrogen-bond acceptors (Lipinski definition) is 6. The van der Waals surface area contributed by atoms with Crippen LogP contribution in [0.3, 0.4) is 0 Å². The fraction of sp³-hybridized carbons (Fsp3) is 0.421. The fourth-order valence-electron chi connectivity index (χ4n) is 3.56. The van der Waals surface area contributed by atoms with Crippen LogP contribution in [0.2, 0.25) is 0 Å². The SMILES string of the molecule is COCCN1CCCC(Oc2ccnc3[nH]c4cnc(C#N)cc4c23)C1. The molecule has 1 atom stereocenters. The largest absolute Gasteiger partial charge is 0.488 e. The molecule has 0 saturated carbocycles. The minimum atomic E-state index is 0.133. The van der Waals surface area contributed by atoms with Gasteiger partial charge in [-0.3, -0.25) is 4.90 Å². The van der Waals surface area contributed by atoms with Crippen LogP contribution in [0.4, 0.5) is 0 Å². The molecular formula is C19H21N5O2. The van der Waals surface area contributed by atoms with Crippen LogP contribution < -0.4 is 4.74 Å². The number of aromatic nitrogens is 3. The topological polar surface area (TPSA) is 87.1 Å². The van der Waals surface area contributed by atoms with E-state index in [2.05, 4.69) is 25.9 Å². The number of nitriles is 1. The Balaban J connectivity index is 1.65. The normalized spacial score (nSPS) is 18.2. The summed E-state index contributed by atoms with van der Waals surface area (Å²) in [5, 5.41) is 11.0. The molecule has 1 N–H and O–H groups in total. The van der Waals surface area contributed by atoms with Gasteiger partial charge in [-0.1, -0.05) is 0 Å². The predicted molar refractivity (Wildman–Crippen MR) is 98.1 cm³/mol. The van der Waals surface area contributed by atoms with Crippen molar-refractivity contribution >= 4 is 21.9 Å². The summed E-state index contributed by atoms with van der Waals surface area (Å²) in [6, 6.07) is 5.78. The first-order valence-electron chi connectivity index (χ1n) is 8.83. The van der Waals surface area contributed by atoms with E-state index >= 15 is 0 Å². The van der Waals surface area contributed by atoms with E-state index < -0.39 is 0 Å². The zero-order valence-electron chi connectivity index (χ0n) is 14.7. The predicted octanol–water partition coefficient (Wildman–Crippen LogP) is 2.47. The van der Waals surface area contributed by atoms with Gasteiger partial charge in [0.05, 0.1) is 23.7 Å². The molecule has 1 unspecified atom stereocenters. The summed E-state index contributed by atoms with van der Waals surface area (Å²) in [7, 11) is 1.73. The molecule has 7 nitrogen and oxygen atoms in total. The highest BCUT2D eigenvalue weighted by Gasteiger charge is 2.22. The van der Waals surface area contributed by atoms with Crippen molar-refractivity contribution in [3.05, 3.63) is 30.2 Å². The van der Waals surface area contributed by atoms with Crippen LogP contribution in [0.5, 0.6) is 5.75 Å². The van der Waals surface area contributed by atoms with Gasteiger partial charge < -0.3 is 14.5 Å². The van der Waals surface area contributed by atoms with Crippen molar-refractivity contribution in [1.29, 1.82) is 5.26 Å². The van der Waals surface area contributed by atoms with Crippen molar-refractivity contribution in [2.24, 2.45) is 0 Å². The molecule has 0 radical (unpaired) electrons. The van der Waals surface area contributed by atoms with Crippen molar-refractivity contribution in [2.75, 3.05) is 33.4 Å². The van der Waals surface area contributed by atoms with Gasteiger partial charge in [0, 0.05) is 31.8 Å². The Kier molecular flexibility index (Phi) is 4.69. The van der Waals surface area contributed by atoms with Crippen LogP contribution in [0, 0.1) is 11.3 Å². The number of fused-ring (bicyclic) bond motifs is 3. The molecule has 3 aromatic heterocycles. The summed E-state index contributed by atoms with van der Waals surface area (Å²) in [6.45, 7) is 3.63. The average molecular weight is 351 g/mol. The Morgan fingerprint density at radius 1 is 1.42 bits per heavy atom. The third-order valence-electron chi connectivity index (χ3n) is 4.82. The lowest BCUT2D eigenvalue weighted by Gasteiger charge is -2.32. The monoisotopic (exact) mass is 351 g/mol. The van der Waals surface area contributed by atoms with E-state index in [0.29, 0.717) is 5.69 Å². The second-order valence-corrected chi connectivity index (χ2v) is 6.56. The molecular weight excluding hydrogens is 330 g/mol. The second-order valence-electron chi connectivity index (χ2n) is 6.56. The number of nitrogens with zero attached hydrogens (tertiary/aromatic N) is 4. The lowest BCUT2D eigenvalue weighted by Crippen LogP contribution is -2.42. The van der Waals surface area contributed by atoms with Crippen LogP contribution in [-0.2, 0) is 4.74 Å². The van der Waals surface area contributed by atoms with Gasteiger partial charge in [-0.25, -0.2) is 9.97 Å². The van der Waals surface area contributed by atoms with Crippen LogP contribution in [0.15, 0.2) is 24.5 Å². The summed E-state index contributed by atoms with van der Waals surface area (Å²) < 4.78 is 11.6. The van der Waals surface area contributed by atoms with Gasteiger partial charge in [-0.05, 0) is 31.5 Å². The minimum Gasteiger partial charge on any atom is -0.488 e.